The van der Waals surface area contributed by atoms with E-state index in [1.54, 1.807) is 16.7 Å². The van der Waals surface area contributed by atoms with Crippen LogP contribution in [0.25, 0.3) is 10.8 Å². The van der Waals surface area contributed by atoms with Gasteiger partial charge in [-0.2, -0.15) is 0 Å². The number of nitrogens with zero attached hydrogens (tertiary/aromatic N) is 1. The molecule has 0 fully saturated rings. The van der Waals surface area contributed by atoms with Crippen LogP contribution < -0.4 is 11.5 Å². The number of nitrogens with two attached hydrogens (primary N) is 2. The number of hydrogen-bond acceptors (Lipinski definition) is 4. The number of carbonyl (C=O) groups is 2. The lowest BCUT2D eigenvalue weighted by molar-refractivity contribution is -0.104. The number of fused-ring (bicyclic) bond motifs is 1. The summed E-state index contributed by atoms with van der Waals surface area (Å²) in [5.41, 5.74) is 13.8. The van der Waals surface area contributed by atoms with Gasteiger partial charge in [-0.05, 0) is 17.7 Å². The highest BCUT2D eigenvalue weighted by Gasteiger charge is 2.16. The third kappa shape index (κ3) is 2.33. The van der Waals surface area contributed by atoms with E-state index >= 15 is 0 Å². The van der Waals surface area contributed by atoms with Crippen LogP contribution in [0.1, 0.15) is 16.1 Å². The van der Waals surface area contributed by atoms with Crippen molar-refractivity contribution in [2.24, 2.45) is 0 Å². The molecule has 3 aromatic rings. The molecule has 1 aromatic heterocycles. The summed E-state index contributed by atoms with van der Waals surface area (Å²) < 4.78 is 1.77. The second kappa shape index (κ2) is 5.37. The third-order valence-electron chi connectivity index (χ3n) is 3.64. The van der Waals surface area contributed by atoms with Gasteiger partial charge in [-0.1, -0.05) is 30.3 Å². The number of nitrogen functional groups attached to an aromatic ring is 2. The Morgan fingerprint density at radius 3 is 2.59 bits per heavy atom. The molecule has 0 saturated carbocycles. The van der Waals surface area contributed by atoms with Crippen molar-refractivity contribution in [3.8, 4) is 0 Å². The number of hydrogen-bond donors (Lipinski definition) is 2. The monoisotopic (exact) mass is 293 g/mol. The molecule has 5 heteroatoms. The lowest BCUT2D eigenvalue weighted by Crippen LogP contribution is -2.11. The summed E-state index contributed by atoms with van der Waals surface area (Å²) in [4.78, 5) is 22.9. The first-order valence-corrected chi connectivity index (χ1v) is 6.81. The van der Waals surface area contributed by atoms with Crippen molar-refractivity contribution in [2.75, 3.05) is 11.5 Å². The van der Waals surface area contributed by atoms with Crippen molar-refractivity contribution in [3.63, 3.8) is 0 Å². The number of anilines is 2. The van der Waals surface area contributed by atoms with Crippen molar-refractivity contribution >= 4 is 34.2 Å². The highest BCUT2D eigenvalue weighted by atomic mass is 16.2. The van der Waals surface area contributed by atoms with Gasteiger partial charge in [-0.15, -0.1) is 0 Å². The largest absolute Gasteiger partial charge is 0.397 e. The number of aldehydes is 1. The van der Waals surface area contributed by atoms with Gasteiger partial charge in [0.25, 0.3) is 0 Å². The number of carbonyl (C=O) groups excluding carboxylic acids is 2. The van der Waals surface area contributed by atoms with Gasteiger partial charge in [0.2, 0.25) is 5.78 Å². The van der Waals surface area contributed by atoms with Crippen LogP contribution in [-0.4, -0.2) is 16.6 Å². The molecular weight excluding hydrogens is 278 g/mol. The van der Waals surface area contributed by atoms with Crippen molar-refractivity contribution in [3.05, 3.63) is 59.9 Å². The molecule has 1 heterocycles. The molecule has 110 valence electrons. The molecule has 0 bridgehead atoms. The molecule has 0 aliphatic carbocycles. The van der Waals surface area contributed by atoms with Gasteiger partial charge in [-0.25, -0.2) is 0 Å². The van der Waals surface area contributed by atoms with E-state index in [0.717, 1.165) is 16.3 Å². The number of rotatable bonds is 4. The van der Waals surface area contributed by atoms with Crippen molar-refractivity contribution in [1.29, 1.82) is 0 Å². The minimum absolute atomic E-state index is 0.343. The lowest BCUT2D eigenvalue weighted by Gasteiger charge is -2.09. The van der Waals surface area contributed by atoms with Crippen LogP contribution in [0.5, 0.6) is 0 Å². The molecule has 5 nitrogen and oxygen atoms in total. The fourth-order valence-electron chi connectivity index (χ4n) is 2.59. The van der Waals surface area contributed by atoms with E-state index in [0.29, 0.717) is 29.9 Å². The van der Waals surface area contributed by atoms with Gasteiger partial charge in [0, 0.05) is 23.5 Å². The molecule has 0 unspecified atom stereocenters. The van der Waals surface area contributed by atoms with Gasteiger partial charge < -0.3 is 16.0 Å². The fourth-order valence-corrected chi connectivity index (χ4v) is 2.59. The normalized spacial score (nSPS) is 10.7. The third-order valence-corrected chi connectivity index (χ3v) is 3.64. The van der Waals surface area contributed by atoms with Crippen LogP contribution in [0, 0.1) is 0 Å². The molecule has 22 heavy (non-hydrogen) atoms. The van der Waals surface area contributed by atoms with E-state index in [2.05, 4.69) is 0 Å². The van der Waals surface area contributed by atoms with Gasteiger partial charge in [0.15, 0.2) is 6.29 Å². The first-order valence-electron chi connectivity index (χ1n) is 6.81. The van der Waals surface area contributed by atoms with Crippen molar-refractivity contribution in [1.82, 2.24) is 4.57 Å². The SMILES string of the molecule is Nc1ccc(Cn2cc3ccccc3c2C(=O)C=O)cc1N. The van der Waals surface area contributed by atoms with Crippen LogP contribution in [0.3, 0.4) is 0 Å². The average Bonchev–Trinajstić information content (AvgIpc) is 2.88. The highest BCUT2D eigenvalue weighted by Crippen LogP contribution is 2.24. The Balaban J connectivity index is 2.11. The second-order valence-electron chi connectivity index (χ2n) is 5.14. The smallest absolute Gasteiger partial charge is 0.242 e. The predicted molar refractivity (Wildman–Crippen MR) is 86.7 cm³/mol. The van der Waals surface area contributed by atoms with Crippen molar-refractivity contribution in [2.45, 2.75) is 6.54 Å². The minimum Gasteiger partial charge on any atom is -0.397 e. The van der Waals surface area contributed by atoms with Crippen LogP contribution in [0.4, 0.5) is 11.4 Å². The Kier molecular flexibility index (Phi) is 3.39. The van der Waals surface area contributed by atoms with E-state index < -0.39 is 5.78 Å². The van der Waals surface area contributed by atoms with E-state index in [-0.39, 0.29) is 0 Å². The number of benzene rings is 2. The van der Waals surface area contributed by atoms with Gasteiger partial charge in [-0.3, -0.25) is 9.59 Å². The van der Waals surface area contributed by atoms with Gasteiger partial charge in [0.1, 0.15) is 5.69 Å². The molecule has 0 amide bonds. The Labute approximate surface area is 127 Å². The summed E-state index contributed by atoms with van der Waals surface area (Å²) in [6.45, 7) is 0.439. The lowest BCUT2D eigenvalue weighted by atomic mass is 10.1. The molecule has 0 atom stereocenters. The summed E-state index contributed by atoms with van der Waals surface area (Å²) >= 11 is 0. The van der Waals surface area contributed by atoms with Crippen LogP contribution >= 0.6 is 0 Å². The Morgan fingerprint density at radius 2 is 1.86 bits per heavy atom. The van der Waals surface area contributed by atoms with Gasteiger partial charge >= 0.3 is 0 Å². The van der Waals surface area contributed by atoms with E-state index in [1.165, 1.54) is 0 Å². The summed E-state index contributed by atoms with van der Waals surface area (Å²) in [6.07, 6.45) is 2.20. The Morgan fingerprint density at radius 1 is 1.09 bits per heavy atom. The average molecular weight is 293 g/mol. The number of ketones is 1. The molecular formula is C17H15N3O2. The zero-order valence-electron chi connectivity index (χ0n) is 11.8. The van der Waals surface area contributed by atoms with Crippen molar-refractivity contribution < 1.29 is 9.59 Å². The number of aromatic nitrogens is 1. The molecule has 0 radical (unpaired) electrons. The van der Waals surface area contributed by atoms with E-state index in [9.17, 15) is 9.59 Å². The predicted octanol–water partition coefficient (Wildman–Crippen LogP) is 2.24. The number of Topliss-reactive ketones (excluding diaryl/α,β-unsaturated/α-hetero) is 1. The summed E-state index contributed by atoms with van der Waals surface area (Å²) in [5.74, 6) is -0.537. The zero-order valence-corrected chi connectivity index (χ0v) is 11.8. The maximum atomic E-state index is 12.0. The van der Waals surface area contributed by atoms with E-state index in [4.69, 9.17) is 11.5 Å². The highest BCUT2D eigenvalue weighted by molar-refractivity contribution is 6.35. The molecule has 0 aliphatic heterocycles. The minimum atomic E-state index is -0.537. The first-order chi connectivity index (χ1) is 10.6. The Hall–Kier alpha value is -3.08. The van der Waals surface area contributed by atoms with E-state index in [1.807, 2.05) is 36.5 Å². The quantitative estimate of drug-likeness (QED) is 0.334. The molecule has 0 aliphatic rings. The molecule has 4 N–H and O–H groups in total. The zero-order chi connectivity index (χ0) is 15.7. The van der Waals surface area contributed by atoms with Gasteiger partial charge in [0.05, 0.1) is 11.4 Å². The fraction of sp³-hybridized carbons (Fsp3) is 0.0588. The molecule has 2 aromatic carbocycles. The molecule has 0 saturated heterocycles. The molecule has 3 rings (SSSR count). The summed E-state index contributed by atoms with van der Waals surface area (Å²) in [5, 5.41) is 1.68. The summed E-state index contributed by atoms with van der Waals surface area (Å²) in [6, 6.07) is 12.8. The second-order valence-corrected chi connectivity index (χ2v) is 5.14. The maximum absolute atomic E-state index is 12.0. The van der Waals surface area contributed by atoms with Crippen LogP contribution in [0.15, 0.2) is 48.7 Å². The summed E-state index contributed by atoms with van der Waals surface area (Å²) in [7, 11) is 0. The first kappa shape index (κ1) is 13.9. The van der Waals surface area contributed by atoms with Crippen LogP contribution in [-0.2, 0) is 11.3 Å². The topological polar surface area (TPSA) is 91.1 Å². The molecule has 0 spiro atoms. The standard InChI is InChI=1S/C17H15N3O2/c18-14-6-5-11(7-15(14)19)8-20-9-12-3-1-2-4-13(12)17(20)16(22)10-21/h1-7,9-10H,8,18-19H2. The Bertz CT molecular complexity index is 881. The maximum Gasteiger partial charge on any atom is 0.242 e. The van der Waals surface area contributed by atoms with Crippen LogP contribution in [0.2, 0.25) is 0 Å².